The van der Waals surface area contributed by atoms with E-state index in [2.05, 4.69) is 33.4 Å². The first-order valence-electron chi connectivity index (χ1n) is 5.71. The molecule has 94 valence electrons. The van der Waals surface area contributed by atoms with Gasteiger partial charge >= 0.3 is 0 Å². The standard InChI is InChI=1S/C12H16BrNO2S/c13-12-3-1-2-10(6-12)7-14-8-11-4-5-17(15,16)9-11/h1-3,6,11,14H,4-5,7-9H2/t11-/m1/s1. The van der Waals surface area contributed by atoms with Gasteiger partial charge in [-0.25, -0.2) is 8.42 Å². The van der Waals surface area contributed by atoms with Crippen LogP contribution in [0.1, 0.15) is 12.0 Å². The second-order valence-electron chi connectivity index (χ2n) is 4.53. The van der Waals surface area contributed by atoms with Crippen molar-refractivity contribution in [2.24, 2.45) is 5.92 Å². The van der Waals surface area contributed by atoms with Gasteiger partial charge in [-0.2, -0.15) is 0 Å². The molecule has 0 aliphatic carbocycles. The Balaban J connectivity index is 1.77. The molecule has 1 N–H and O–H groups in total. The normalized spacial score (nSPS) is 22.8. The molecular weight excluding hydrogens is 302 g/mol. The van der Waals surface area contributed by atoms with Gasteiger partial charge in [0, 0.05) is 11.0 Å². The zero-order chi connectivity index (χ0) is 12.3. The third-order valence-electron chi connectivity index (χ3n) is 2.98. The number of rotatable bonds is 4. The number of sulfone groups is 1. The maximum atomic E-state index is 11.3. The van der Waals surface area contributed by atoms with E-state index in [0.29, 0.717) is 11.5 Å². The molecule has 0 aromatic heterocycles. The highest BCUT2D eigenvalue weighted by Gasteiger charge is 2.27. The minimum atomic E-state index is -2.74. The fraction of sp³-hybridized carbons (Fsp3) is 0.500. The Labute approximate surface area is 111 Å². The molecule has 0 bridgehead atoms. The van der Waals surface area contributed by atoms with Crippen LogP contribution in [-0.2, 0) is 16.4 Å². The van der Waals surface area contributed by atoms with E-state index in [-0.39, 0.29) is 5.92 Å². The summed E-state index contributed by atoms with van der Waals surface area (Å²) in [4.78, 5) is 0. The maximum Gasteiger partial charge on any atom is 0.150 e. The van der Waals surface area contributed by atoms with Gasteiger partial charge in [0.1, 0.15) is 0 Å². The summed E-state index contributed by atoms with van der Waals surface area (Å²) in [6, 6.07) is 8.12. The summed E-state index contributed by atoms with van der Waals surface area (Å²) in [6.07, 6.45) is 0.799. The van der Waals surface area contributed by atoms with Gasteiger partial charge in [0.15, 0.2) is 9.84 Å². The predicted molar refractivity (Wildman–Crippen MR) is 72.6 cm³/mol. The molecule has 17 heavy (non-hydrogen) atoms. The lowest BCUT2D eigenvalue weighted by Gasteiger charge is -2.09. The van der Waals surface area contributed by atoms with Crippen LogP contribution in [0.2, 0.25) is 0 Å². The smallest absolute Gasteiger partial charge is 0.150 e. The molecule has 1 aliphatic rings. The summed E-state index contributed by atoms with van der Waals surface area (Å²) in [5.41, 5.74) is 1.21. The van der Waals surface area contributed by atoms with Crippen molar-refractivity contribution in [2.45, 2.75) is 13.0 Å². The first-order valence-corrected chi connectivity index (χ1v) is 8.32. The second kappa shape index (κ2) is 5.50. The van der Waals surface area contributed by atoms with Crippen molar-refractivity contribution in [1.29, 1.82) is 0 Å². The van der Waals surface area contributed by atoms with Crippen LogP contribution in [0.3, 0.4) is 0 Å². The number of hydrogen-bond donors (Lipinski definition) is 1. The summed E-state index contributed by atoms with van der Waals surface area (Å²) in [5.74, 6) is 0.987. The van der Waals surface area contributed by atoms with E-state index >= 15 is 0 Å². The highest BCUT2D eigenvalue weighted by molar-refractivity contribution is 9.10. The molecule has 2 rings (SSSR count). The quantitative estimate of drug-likeness (QED) is 0.923. The average Bonchev–Trinajstić information content (AvgIpc) is 2.58. The fourth-order valence-corrected chi connectivity index (χ4v) is 4.41. The lowest BCUT2D eigenvalue weighted by molar-refractivity contribution is 0.521. The van der Waals surface area contributed by atoms with Crippen LogP contribution in [0.15, 0.2) is 28.7 Å². The van der Waals surface area contributed by atoms with Gasteiger partial charge in [-0.3, -0.25) is 0 Å². The summed E-state index contributed by atoms with van der Waals surface area (Å²) in [6.45, 7) is 1.57. The molecule has 1 heterocycles. The first kappa shape index (κ1) is 13.1. The SMILES string of the molecule is O=S1(=O)CC[C@H](CNCc2cccc(Br)c2)C1. The van der Waals surface area contributed by atoms with Crippen LogP contribution in [0, 0.1) is 5.92 Å². The molecule has 0 amide bonds. The van der Waals surface area contributed by atoms with E-state index in [1.807, 2.05) is 12.1 Å². The van der Waals surface area contributed by atoms with E-state index in [1.54, 1.807) is 0 Å². The number of hydrogen-bond acceptors (Lipinski definition) is 3. The first-order chi connectivity index (χ1) is 8.05. The van der Waals surface area contributed by atoms with Crippen molar-refractivity contribution >= 4 is 25.8 Å². The van der Waals surface area contributed by atoms with Crippen molar-refractivity contribution in [3.8, 4) is 0 Å². The Morgan fingerprint density at radius 1 is 1.41 bits per heavy atom. The third-order valence-corrected chi connectivity index (χ3v) is 5.31. The summed E-state index contributed by atoms with van der Waals surface area (Å²) in [7, 11) is -2.74. The predicted octanol–water partition coefficient (Wildman–Crippen LogP) is 1.97. The zero-order valence-electron chi connectivity index (χ0n) is 9.52. The molecule has 3 nitrogen and oxygen atoms in total. The largest absolute Gasteiger partial charge is 0.312 e. The topological polar surface area (TPSA) is 46.2 Å². The molecule has 5 heteroatoms. The Morgan fingerprint density at radius 2 is 2.24 bits per heavy atom. The third kappa shape index (κ3) is 4.08. The monoisotopic (exact) mass is 317 g/mol. The minimum Gasteiger partial charge on any atom is -0.312 e. The molecule has 1 atom stereocenters. The van der Waals surface area contributed by atoms with Gasteiger partial charge in [0.25, 0.3) is 0 Å². The van der Waals surface area contributed by atoms with Crippen molar-refractivity contribution in [3.05, 3.63) is 34.3 Å². The summed E-state index contributed by atoms with van der Waals surface area (Å²) in [5, 5.41) is 3.32. The zero-order valence-corrected chi connectivity index (χ0v) is 11.9. The van der Waals surface area contributed by atoms with Crippen LogP contribution in [0.5, 0.6) is 0 Å². The Kier molecular flexibility index (Phi) is 4.22. The van der Waals surface area contributed by atoms with Crippen LogP contribution in [0.4, 0.5) is 0 Å². The van der Waals surface area contributed by atoms with E-state index in [0.717, 1.165) is 24.0 Å². The molecule has 1 aromatic rings. The molecule has 1 aromatic carbocycles. The van der Waals surface area contributed by atoms with Gasteiger partial charge in [0.2, 0.25) is 0 Å². The van der Waals surface area contributed by atoms with Crippen LogP contribution in [-0.4, -0.2) is 26.5 Å². The molecular formula is C12H16BrNO2S. The van der Waals surface area contributed by atoms with Crippen LogP contribution in [0.25, 0.3) is 0 Å². The van der Waals surface area contributed by atoms with E-state index < -0.39 is 9.84 Å². The van der Waals surface area contributed by atoms with E-state index in [9.17, 15) is 8.42 Å². The van der Waals surface area contributed by atoms with Crippen molar-refractivity contribution in [1.82, 2.24) is 5.32 Å². The van der Waals surface area contributed by atoms with Gasteiger partial charge in [-0.05, 0) is 36.6 Å². The van der Waals surface area contributed by atoms with Gasteiger partial charge in [-0.1, -0.05) is 28.1 Å². The fourth-order valence-electron chi connectivity index (χ4n) is 2.10. The van der Waals surface area contributed by atoms with Gasteiger partial charge in [-0.15, -0.1) is 0 Å². The minimum absolute atomic E-state index is 0.284. The Morgan fingerprint density at radius 3 is 2.88 bits per heavy atom. The number of benzene rings is 1. The molecule has 1 aliphatic heterocycles. The molecule has 0 spiro atoms. The van der Waals surface area contributed by atoms with Crippen molar-refractivity contribution in [3.63, 3.8) is 0 Å². The second-order valence-corrected chi connectivity index (χ2v) is 7.67. The molecule has 0 radical (unpaired) electrons. The molecule has 1 fully saturated rings. The Hall–Kier alpha value is -0.390. The van der Waals surface area contributed by atoms with Crippen LogP contribution < -0.4 is 5.32 Å². The van der Waals surface area contributed by atoms with E-state index in [1.165, 1.54) is 5.56 Å². The number of halogens is 1. The van der Waals surface area contributed by atoms with E-state index in [4.69, 9.17) is 0 Å². The highest BCUT2D eigenvalue weighted by atomic mass is 79.9. The molecule has 0 saturated carbocycles. The van der Waals surface area contributed by atoms with Gasteiger partial charge < -0.3 is 5.32 Å². The molecule has 0 unspecified atom stereocenters. The van der Waals surface area contributed by atoms with Crippen LogP contribution >= 0.6 is 15.9 Å². The van der Waals surface area contributed by atoms with Gasteiger partial charge in [0.05, 0.1) is 11.5 Å². The lowest BCUT2D eigenvalue weighted by Crippen LogP contribution is -2.23. The lowest BCUT2D eigenvalue weighted by atomic mass is 10.1. The highest BCUT2D eigenvalue weighted by Crippen LogP contribution is 2.17. The van der Waals surface area contributed by atoms with Crippen molar-refractivity contribution < 1.29 is 8.42 Å². The summed E-state index contributed by atoms with van der Waals surface area (Å²) < 4.78 is 23.6. The Bertz CT molecular complexity index is 487. The summed E-state index contributed by atoms with van der Waals surface area (Å²) >= 11 is 3.43. The van der Waals surface area contributed by atoms with Crippen molar-refractivity contribution in [2.75, 3.05) is 18.1 Å². The number of nitrogens with one attached hydrogen (secondary N) is 1. The maximum absolute atomic E-state index is 11.3. The average molecular weight is 318 g/mol. The molecule has 1 saturated heterocycles.